The summed E-state index contributed by atoms with van der Waals surface area (Å²) >= 11 is 0. The summed E-state index contributed by atoms with van der Waals surface area (Å²) in [7, 11) is 0. The van der Waals surface area contributed by atoms with Gasteiger partial charge in [0.1, 0.15) is 36.4 Å². The normalized spacial score (nSPS) is 14.2. The lowest BCUT2D eigenvalue weighted by Crippen LogP contribution is -2.42. The molecule has 0 fully saturated rings. The second-order valence-corrected chi connectivity index (χ2v) is 9.71. The average Bonchev–Trinajstić information content (AvgIpc) is 2.90. The van der Waals surface area contributed by atoms with Crippen LogP contribution in [0.25, 0.3) is 0 Å². The SMILES string of the molecule is CC(=O)[C@H](CCN(CCCCc1ccc2c(n1)NCCC2)CCOCC(F)F)Nc1ncc(C(F)(F)F)c[n+]1O. The molecule has 3 heterocycles. The summed E-state index contributed by atoms with van der Waals surface area (Å²) in [6.07, 6.45) is -1.48. The first-order valence-corrected chi connectivity index (χ1v) is 13.3. The first-order chi connectivity index (χ1) is 19.0. The van der Waals surface area contributed by atoms with E-state index in [0.29, 0.717) is 32.0 Å². The van der Waals surface area contributed by atoms with E-state index in [4.69, 9.17) is 9.72 Å². The molecular formula is C26H36F5N6O3+. The Kier molecular flexibility index (Phi) is 11.8. The second kappa shape index (κ2) is 15.0. The summed E-state index contributed by atoms with van der Waals surface area (Å²) in [5.41, 5.74) is 1.07. The average molecular weight is 576 g/mol. The van der Waals surface area contributed by atoms with Crippen molar-refractivity contribution in [3.63, 3.8) is 0 Å². The van der Waals surface area contributed by atoms with Crippen molar-refractivity contribution in [2.75, 3.05) is 50.0 Å². The van der Waals surface area contributed by atoms with Gasteiger partial charge >= 0.3 is 12.1 Å². The van der Waals surface area contributed by atoms with Crippen LogP contribution in [0.3, 0.4) is 0 Å². The standard InChI is InChI=1S/C26H35F5N6O3/c1-18(38)22(35-25-33-15-20(16-37(25)39)26(29,30)31)9-12-36(13-14-40-17-23(27)28)11-3-2-6-21-8-7-19-5-4-10-32-24(19)34-21/h7-8,15-16,22-23,39H,2-6,9-14,17H2,1H3,(H,32,34)/p+1/t22-/m0/s1. The number of carbonyl (C=O) groups is 1. The fourth-order valence-corrected chi connectivity index (χ4v) is 4.36. The molecule has 3 N–H and O–H groups in total. The van der Waals surface area contributed by atoms with Crippen LogP contribution >= 0.6 is 0 Å². The van der Waals surface area contributed by atoms with Crippen molar-refractivity contribution >= 4 is 17.5 Å². The van der Waals surface area contributed by atoms with Gasteiger partial charge in [-0.05, 0) is 57.2 Å². The van der Waals surface area contributed by atoms with Gasteiger partial charge in [-0.15, -0.1) is 0 Å². The van der Waals surface area contributed by atoms with E-state index in [1.54, 1.807) is 0 Å². The number of ether oxygens (including phenoxy) is 1. The number of nitrogens with one attached hydrogen (secondary N) is 2. The second-order valence-electron chi connectivity index (χ2n) is 9.71. The van der Waals surface area contributed by atoms with Crippen LogP contribution in [-0.2, 0) is 28.5 Å². The molecule has 9 nitrogen and oxygen atoms in total. The van der Waals surface area contributed by atoms with Gasteiger partial charge in [0.2, 0.25) is 0 Å². The minimum atomic E-state index is -4.68. The zero-order chi connectivity index (χ0) is 29.1. The van der Waals surface area contributed by atoms with E-state index < -0.39 is 30.8 Å². The molecule has 0 saturated heterocycles. The lowest BCUT2D eigenvalue weighted by molar-refractivity contribution is -0.895. The molecule has 222 valence electrons. The number of nitrogens with zero attached hydrogens (tertiary/aromatic N) is 4. The van der Waals surface area contributed by atoms with Gasteiger partial charge in [-0.3, -0.25) is 10.1 Å². The molecule has 0 aromatic carbocycles. The smallest absolute Gasteiger partial charge is 0.374 e. The van der Waals surface area contributed by atoms with Gasteiger partial charge < -0.3 is 20.2 Å². The molecule has 1 atom stereocenters. The van der Waals surface area contributed by atoms with Crippen molar-refractivity contribution < 1.29 is 41.4 Å². The number of hydrogen-bond donors (Lipinski definition) is 3. The number of halogens is 5. The number of aromatic nitrogens is 3. The zero-order valence-corrected chi connectivity index (χ0v) is 22.4. The number of aryl methyl sites for hydroxylation is 2. The molecule has 0 saturated carbocycles. The largest absolute Gasteiger partial charge is 0.428 e. The van der Waals surface area contributed by atoms with Crippen LogP contribution in [-0.4, -0.2) is 77.7 Å². The molecule has 1 aliphatic heterocycles. The van der Waals surface area contributed by atoms with Gasteiger partial charge in [-0.25, -0.2) is 13.8 Å². The van der Waals surface area contributed by atoms with Crippen molar-refractivity contribution in [3.05, 3.63) is 41.3 Å². The molecule has 0 radical (unpaired) electrons. The van der Waals surface area contributed by atoms with Crippen LogP contribution in [0.5, 0.6) is 0 Å². The highest BCUT2D eigenvalue weighted by molar-refractivity contribution is 5.83. The molecular weight excluding hydrogens is 539 g/mol. The number of anilines is 2. The molecule has 1 aliphatic rings. The van der Waals surface area contributed by atoms with Crippen LogP contribution < -0.4 is 15.4 Å². The summed E-state index contributed by atoms with van der Waals surface area (Å²) in [5.74, 6) is 0.325. The maximum absolute atomic E-state index is 12.9. The van der Waals surface area contributed by atoms with E-state index >= 15 is 0 Å². The predicted molar refractivity (Wildman–Crippen MR) is 137 cm³/mol. The van der Waals surface area contributed by atoms with Crippen molar-refractivity contribution in [1.82, 2.24) is 14.9 Å². The minimum Gasteiger partial charge on any atom is -0.374 e. The summed E-state index contributed by atoms with van der Waals surface area (Å²) in [4.78, 5) is 22.5. The Balaban J connectivity index is 1.54. The van der Waals surface area contributed by atoms with E-state index in [1.807, 2.05) is 11.0 Å². The maximum Gasteiger partial charge on any atom is 0.428 e. The number of pyridine rings is 1. The summed E-state index contributed by atoms with van der Waals surface area (Å²) < 4.78 is 68.7. The van der Waals surface area contributed by atoms with Gasteiger partial charge in [-0.1, -0.05) is 15.8 Å². The molecule has 3 rings (SSSR count). The van der Waals surface area contributed by atoms with Crippen LogP contribution in [0.15, 0.2) is 24.5 Å². The molecule has 0 bridgehead atoms. The molecule has 14 heteroatoms. The van der Waals surface area contributed by atoms with Crippen molar-refractivity contribution in [3.8, 4) is 0 Å². The third-order valence-electron chi connectivity index (χ3n) is 6.56. The highest BCUT2D eigenvalue weighted by Gasteiger charge is 2.35. The highest BCUT2D eigenvalue weighted by Crippen LogP contribution is 2.27. The van der Waals surface area contributed by atoms with Gasteiger partial charge in [0, 0.05) is 31.7 Å². The fraction of sp³-hybridized carbons (Fsp3) is 0.615. The Morgan fingerprint density at radius 1 is 1.25 bits per heavy atom. The Morgan fingerprint density at radius 3 is 2.75 bits per heavy atom. The Labute approximate surface area is 229 Å². The number of alkyl halides is 5. The monoisotopic (exact) mass is 575 g/mol. The Hall–Kier alpha value is -3.13. The number of ketones is 1. The number of unbranched alkanes of at least 4 members (excludes halogenated alkanes) is 1. The number of carbonyl (C=O) groups excluding carboxylic acids is 1. The van der Waals surface area contributed by atoms with Gasteiger partial charge in [0.25, 0.3) is 6.43 Å². The van der Waals surface area contributed by atoms with Crippen molar-refractivity contribution in [1.29, 1.82) is 0 Å². The molecule has 0 amide bonds. The first-order valence-electron chi connectivity index (χ1n) is 13.3. The first kappa shape index (κ1) is 31.4. The molecule has 0 spiro atoms. The van der Waals surface area contributed by atoms with Gasteiger partial charge in [0.15, 0.2) is 5.78 Å². The van der Waals surface area contributed by atoms with E-state index in [0.717, 1.165) is 50.2 Å². The van der Waals surface area contributed by atoms with E-state index in [9.17, 15) is 32.0 Å². The summed E-state index contributed by atoms with van der Waals surface area (Å²) in [6, 6.07) is 3.29. The van der Waals surface area contributed by atoms with E-state index in [-0.39, 0.29) is 29.5 Å². The predicted octanol–water partition coefficient (Wildman–Crippen LogP) is 3.74. The summed E-state index contributed by atoms with van der Waals surface area (Å²) in [6.45, 7) is 3.00. The molecule has 2 aromatic heterocycles. The maximum atomic E-state index is 12.9. The topological polar surface area (TPSA) is 103 Å². The van der Waals surface area contributed by atoms with Gasteiger partial charge in [0.05, 0.1) is 6.61 Å². The molecule has 0 unspecified atom stereocenters. The zero-order valence-electron chi connectivity index (χ0n) is 22.4. The minimum absolute atomic E-state index is 0.0810. The molecule has 40 heavy (non-hydrogen) atoms. The molecule has 0 aliphatic carbocycles. The van der Waals surface area contributed by atoms with Gasteiger partial charge in [-0.2, -0.15) is 13.2 Å². The van der Waals surface area contributed by atoms with E-state index in [2.05, 4.69) is 21.7 Å². The number of hydrogen-bond acceptors (Lipinski definition) is 8. The third-order valence-corrected chi connectivity index (χ3v) is 6.56. The Morgan fingerprint density at radius 2 is 2.05 bits per heavy atom. The van der Waals surface area contributed by atoms with E-state index in [1.165, 1.54) is 12.5 Å². The third kappa shape index (κ3) is 10.1. The van der Waals surface area contributed by atoms with Crippen molar-refractivity contribution in [2.45, 2.75) is 64.1 Å². The number of fused-ring (bicyclic) bond motifs is 1. The van der Waals surface area contributed by atoms with Crippen LogP contribution in [0.2, 0.25) is 0 Å². The lowest BCUT2D eigenvalue weighted by atomic mass is 10.1. The van der Waals surface area contributed by atoms with Crippen LogP contribution in [0, 0.1) is 0 Å². The summed E-state index contributed by atoms with van der Waals surface area (Å²) in [5, 5.41) is 15.9. The van der Waals surface area contributed by atoms with Crippen LogP contribution in [0.4, 0.5) is 33.7 Å². The number of Topliss-reactive ketones (excluding diaryl/α,β-unsaturated/α-hetero) is 1. The highest BCUT2D eigenvalue weighted by atomic mass is 19.4. The Bertz CT molecular complexity index is 1100. The lowest BCUT2D eigenvalue weighted by Gasteiger charge is -2.24. The quantitative estimate of drug-likeness (QED) is 0.120. The number of rotatable bonds is 16. The fourth-order valence-electron chi connectivity index (χ4n) is 4.36. The van der Waals surface area contributed by atoms with Crippen LogP contribution in [0.1, 0.15) is 49.4 Å². The molecule has 2 aromatic rings. The van der Waals surface area contributed by atoms with Crippen molar-refractivity contribution in [2.24, 2.45) is 0 Å².